The highest BCUT2D eigenvalue weighted by Gasteiger charge is 2.58. The summed E-state index contributed by atoms with van der Waals surface area (Å²) < 4.78 is 0. The van der Waals surface area contributed by atoms with Crippen molar-refractivity contribution in [2.75, 3.05) is 0 Å². The Hall–Kier alpha value is -3.84. The average Bonchev–Trinajstić information content (AvgIpc) is 3.43. The minimum Gasteiger partial charge on any atom is -0.267 e. The smallest absolute Gasteiger partial charge is 0.267 e. The molecule has 0 aliphatic carbocycles. The first kappa shape index (κ1) is 17.3. The van der Waals surface area contributed by atoms with Crippen LogP contribution in [0.3, 0.4) is 0 Å². The van der Waals surface area contributed by atoms with Crippen LogP contribution in [-0.2, 0) is 0 Å². The summed E-state index contributed by atoms with van der Waals surface area (Å²) in [6, 6.07) is 22.1. The fourth-order valence-electron chi connectivity index (χ4n) is 3.97. The molecule has 0 spiro atoms. The fourth-order valence-corrected chi connectivity index (χ4v) is 3.97. The zero-order valence-electron chi connectivity index (χ0n) is 15.1. The number of imide groups is 1. The number of nitro groups is 1. The van der Waals surface area contributed by atoms with Crippen LogP contribution in [-0.4, -0.2) is 26.8 Å². The first-order chi connectivity index (χ1) is 14.1. The van der Waals surface area contributed by atoms with Crippen molar-refractivity contribution in [2.45, 2.75) is 12.1 Å². The van der Waals surface area contributed by atoms with E-state index in [-0.39, 0.29) is 29.6 Å². The summed E-state index contributed by atoms with van der Waals surface area (Å²) in [7, 11) is 0. The summed E-state index contributed by atoms with van der Waals surface area (Å²) in [5, 5.41) is 13.9. The third kappa shape index (κ3) is 2.63. The van der Waals surface area contributed by atoms with Gasteiger partial charge in [0, 0.05) is 12.1 Å². The van der Waals surface area contributed by atoms with Crippen molar-refractivity contribution in [3.8, 4) is 0 Å². The second-order valence-corrected chi connectivity index (χ2v) is 7.00. The second-order valence-electron chi connectivity index (χ2n) is 7.00. The number of hydrazine groups is 1. The van der Waals surface area contributed by atoms with E-state index >= 15 is 0 Å². The van der Waals surface area contributed by atoms with Gasteiger partial charge in [-0.05, 0) is 23.3 Å². The van der Waals surface area contributed by atoms with Crippen molar-refractivity contribution >= 4 is 17.5 Å². The van der Waals surface area contributed by atoms with E-state index in [1.54, 1.807) is 41.4 Å². The van der Waals surface area contributed by atoms with E-state index in [1.165, 1.54) is 17.1 Å². The highest BCUT2D eigenvalue weighted by atomic mass is 16.6. The molecule has 3 aromatic carbocycles. The van der Waals surface area contributed by atoms with Gasteiger partial charge in [-0.3, -0.25) is 19.7 Å². The lowest BCUT2D eigenvalue weighted by atomic mass is 10.0. The predicted molar refractivity (Wildman–Crippen MR) is 104 cm³/mol. The molecule has 1 unspecified atom stereocenters. The molecule has 7 nitrogen and oxygen atoms in total. The highest BCUT2D eigenvalue weighted by molar-refractivity contribution is 6.21. The van der Waals surface area contributed by atoms with E-state index in [0.717, 1.165) is 11.1 Å². The van der Waals surface area contributed by atoms with Crippen LogP contribution in [0.25, 0.3) is 0 Å². The van der Waals surface area contributed by atoms with E-state index in [4.69, 9.17) is 0 Å². The Labute approximate surface area is 165 Å². The van der Waals surface area contributed by atoms with E-state index in [0.29, 0.717) is 11.1 Å². The molecule has 0 N–H and O–H groups in total. The zero-order valence-corrected chi connectivity index (χ0v) is 15.1. The zero-order chi connectivity index (χ0) is 20.1. The SMILES string of the molecule is O=C1c2ccccc2C(=O)N1N1[C@H](c2ccc([N+](=O)[O-])cc2)[C@@H]1c1ccccc1. The van der Waals surface area contributed by atoms with Gasteiger partial charge in [-0.2, -0.15) is 5.01 Å². The first-order valence-electron chi connectivity index (χ1n) is 9.13. The molecule has 142 valence electrons. The lowest BCUT2D eigenvalue weighted by Gasteiger charge is -2.16. The Bertz CT molecular complexity index is 1110. The van der Waals surface area contributed by atoms with Gasteiger partial charge in [-0.15, -0.1) is 0 Å². The van der Waals surface area contributed by atoms with Gasteiger partial charge in [-0.1, -0.05) is 54.6 Å². The van der Waals surface area contributed by atoms with E-state index in [1.807, 2.05) is 30.3 Å². The molecule has 1 fully saturated rings. The van der Waals surface area contributed by atoms with Crippen molar-refractivity contribution < 1.29 is 14.5 Å². The number of nitro benzene ring substituents is 1. The predicted octanol–water partition coefficient (Wildman–Crippen LogP) is 3.90. The Kier molecular flexibility index (Phi) is 3.78. The minimum atomic E-state index is -0.451. The van der Waals surface area contributed by atoms with Gasteiger partial charge in [0.25, 0.3) is 17.5 Å². The number of amides is 2. The molecule has 0 saturated carbocycles. The molecule has 7 heteroatoms. The maximum Gasteiger partial charge on any atom is 0.276 e. The summed E-state index contributed by atoms with van der Waals surface area (Å²) >= 11 is 0. The summed E-state index contributed by atoms with van der Waals surface area (Å²) in [6.45, 7) is 0. The quantitative estimate of drug-likeness (QED) is 0.294. The molecule has 0 radical (unpaired) electrons. The van der Waals surface area contributed by atoms with E-state index in [2.05, 4.69) is 0 Å². The monoisotopic (exact) mass is 385 g/mol. The Balaban J connectivity index is 1.54. The van der Waals surface area contributed by atoms with Gasteiger partial charge in [0.15, 0.2) is 0 Å². The van der Waals surface area contributed by atoms with Crippen LogP contribution in [0, 0.1) is 10.1 Å². The lowest BCUT2D eigenvalue weighted by molar-refractivity contribution is -0.384. The molecule has 3 aromatic rings. The lowest BCUT2D eigenvalue weighted by Crippen LogP contribution is -2.35. The molecule has 2 aliphatic heterocycles. The molecule has 1 saturated heterocycles. The normalized spacial score (nSPS) is 22.5. The number of non-ortho nitro benzene ring substituents is 1. The minimum absolute atomic E-state index is 0.00191. The van der Waals surface area contributed by atoms with Gasteiger partial charge in [0.1, 0.15) is 0 Å². The number of fused-ring (bicyclic) bond motifs is 1. The molecular formula is C22H15N3O4. The molecule has 2 amide bonds. The van der Waals surface area contributed by atoms with Crippen molar-refractivity contribution in [3.05, 3.63) is 111 Å². The third-order valence-corrected chi connectivity index (χ3v) is 5.37. The van der Waals surface area contributed by atoms with Crippen LogP contribution < -0.4 is 0 Å². The van der Waals surface area contributed by atoms with Crippen LogP contribution >= 0.6 is 0 Å². The Morgan fingerprint density at radius 3 is 1.69 bits per heavy atom. The molecule has 29 heavy (non-hydrogen) atoms. The van der Waals surface area contributed by atoms with Crippen molar-refractivity contribution in [2.24, 2.45) is 0 Å². The maximum atomic E-state index is 13.0. The van der Waals surface area contributed by atoms with Gasteiger partial charge in [-0.25, -0.2) is 5.01 Å². The number of nitrogens with zero attached hydrogens (tertiary/aromatic N) is 3. The number of carbonyl (C=O) groups excluding carboxylic acids is 2. The number of hydrogen-bond acceptors (Lipinski definition) is 5. The second kappa shape index (κ2) is 6.35. The van der Waals surface area contributed by atoms with Crippen molar-refractivity contribution in [1.29, 1.82) is 0 Å². The van der Waals surface area contributed by atoms with Crippen LogP contribution in [0.2, 0.25) is 0 Å². The molecular weight excluding hydrogens is 370 g/mol. The largest absolute Gasteiger partial charge is 0.276 e. The molecule has 0 aromatic heterocycles. The fraction of sp³-hybridized carbons (Fsp3) is 0.0909. The van der Waals surface area contributed by atoms with E-state index < -0.39 is 4.92 Å². The number of benzene rings is 3. The molecule has 2 aliphatic rings. The van der Waals surface area contributed by atoms with Gasteiger partial charge in [0.05, 0.1) is 28.1 Å². The molecule has 0 bridgehead atoms. The van der Waals surface area contributed by atoms with Crippen molar-refractivity contribution in [3.63, 3.8) is 0 Å². The molecule has 3 atom stereocenters. The summed E-state index contributed by atoms with van der Waals surface area (Å²) in [5.74, 6) is -0.702. The average molecular weight is 385 g/mol. The van der Waals surface area contributed by atoms with E-state index in [9.17, 15) is 19.7 Å². The number of rotatable bonds is 4. The number of carbonyl (C=O) groups is 2. The summed E-state index contributed by atoms with van der Waals surface area (Å²) in [5.41, 5.74) is 2.55. The van der Waals surface area contributed by atoms with Crippen LogP contribution in [0.5, 0.6) is 0 Å². The molecule has 2 heterocycles. The van der Waals surface area contributed by atoms with Crippen LogP contribution in [0.15, 0.2) is 78.9 Å². The van der Waals surface area contributed by atoms with Crippen LogP contribution in [0.1, 0.15) is 43.9 Å². The summed E-state index contributed by atoms with van der Waals surface area (Å²) in [4.78, 5) is 36.4. The van der Waals surface area contributed by atoms with Gasteiger partial charge in [0.2, 0.25) is 0 Å². The summed E-state index contributed by atoms with van der Waals surface area (Å²) in [6.07, 6.45) is 0. The Morgan fingerprint density at radius 1 is 0.690 bits per heavy atom. The van der Waals surface area contributed by atoms with Crippen LogP contribution in [0.4, 0.5) is 5.69 Å². The molecule has 5 rings (SSSR count). The Morgan fingerprint density at radius 2 is 1.17 bits per heavy atom. The topological polar surface area (TPSA) is 83.5 Å². The van der Waals surface area contributed by atoms with Gasteiger partial charge < -0.3 is 0 Å². The maximum absolute atomic E-state index is 13.0. The standard InChI is InChI=1S/C22H15N3O4/c26-21-17-8-4-5-9-18(17)22(27)24(21)23-19(14-6-2-1-3-7-14)20(23)15-10-12-16(13-11-15)25(28)29/h1-13,19-20H/t19-,20+,23?/m0/s1. The highest BCUT2D eigenvalue weighted by Crippen LogP contribution is 2.56. The van der Waals surface area contributed by atoms with Gasteiger partial charge >= 0.3 is 0 Å². The van der Waals surface area contributed by atoms with Crippen molar-refractivity contribution in [1.82, 2.24) is 10.0 Å². The number of hydrogen-bond donors (Lipinski definition) is 0. The first-order valence-corrected chi connectivity index (χ1v) is 9.13. The third-order valence-electron chi connectivity index (χ3n) is 5.37.